The second-order valence-corrected chi connectivity index (χ2v) is 7.23. The van der Waals surface area contributed by atoms with Gasteiger partial charge < -0.3 is 10.1 Å². The molecule has 0 saturated heterocycles. The van der Waals surface area contributed by atoms with E-state index in [2.05, 4.69) is 22.2 Å². The standard InChI is InChI=1S/C21H21N3O3S/c1-4-15-8-10-16(11-9-15)24-19(25)14(3)27-21(26)18-13(2)23-20(28-18)17-7-5-6-12-22-17/h5-12,14H,4H2,1-3H3,(H,24,25)/t14-/m1/s1. The molecule has 3 rings (SSSR count). The van der Waals surface area contributed by atoms with Crippen LogP contribution < -0.4 is 5.32 Å². The molecule has 0 aliphatic heterocycles. The van der Waals surface area contributed by atoms with Crippen molar-refractivity contribution >= 4 is 28.9 Å². The molecule has 6 nitrogen and oxygen atoms in total. The van der Waals surface area contributed by atoms with Crippen molar-refractivity contribution in [3.05, 3.63) is 64.8 Å². The molecule has 0 saturated carbocycles. The highest BCUT2D eigenvalue weighted by Gasteiger charge is 2.23. The second kappa shape index (κ2) is 8.75. The van der Waals surface area contributed by atoms with Crippen molar-refractivity contribution in [3.63, 3.8) is 0 Å². The van der Waals surface area contributed by atoms with Gasteiger partial charge in [0.15, 0.2) is 6.10 Å². The Morgan fingerprint density at radius 1 is 1.18 bits per heavy atom. The Kier molecular flexibility index (Phi) is 6.16. The molecule has 7 heteroatoms. The van der Waals surface area contributed by atoms with Gasteiger partial charge in [0.25, 0.3) is 5.91 Å². The number of thiazole rings is 1. The SMILES string of the molecule is CCc1ccc(NC(=O)[C@@H](C)OC(=O)c2sc(-c3ccccn3)nc2C)cc1. The van der Waals surface area contributed by atoms with E-state index in [0.29, 0.717) is 27.0 Å². The number of aromatic nitrogens is 2. The zero-order chi connectivity index (χ0) is 20.1. The molecule has 3 aromatic rings. The van der Waals surface area contributed by atoms with Gasteiger partial charge in [-0.3, -0.25) is 9.78 Å². The summed E-state index contributed by atoms with van der Waals surface area (Å²) in [4.78, 5) is 33.8. The Bertz CT molecular complexity index is 968. The molecule has 1 N–H and O–H groups in total. The first-order valence-corrected chi connectivity index (χ1v) is 9.79. The van der Waals surface area contributed by atoms with Crippen LogP contribution in [0.25, 0.3) is 10.7 Å². The van der Waals surface area contributed by atoms with E-state index in [1.54, 1.807) is 20.0 Å². The van der Waals surface area contributed by atoms with E-state index in [0.717, 1.165) is 6.42 Å². The van der Waals surface area contributed by atoms with Crippen LogP contribution in [0.3, 0.4) is 0 Å². The number of nitrogens with one attached hydrogen (secondary N) is 1. The second-order valence-electron chi connectivity index (χ2n) is 6.24. The zero-order valence-electron chi connectivity index (χ0n) is 15.9. The van der Waals surface area contributed by atoms with E-state index in [-0.39, 0.29) is 5.91 Å². The van der Waals surface area contributed by atoms with Crippen LogP contribution in [0.4, 0.5) is 5.69 Å². The largest absolute Gasteiger partial charge is 0.448 e. The quantitative estimate of drug-likeness (QED) is 0.631. The van der Waals surface area contributed by atoms with Crippen LogP contribution in [0.15, 0.2) is 48.7 Å². The van der Waals surface area contributed by atoms with Gasteiger partial charge in [0.1, 0.15) is 9.88 Å². The number of amides is 1. The first-order chi connectivity index (χ1) is 13.5. The molecule has 144 valence electrons. The maximum absolute atomic E-state index is 12.5. The lowest BCUT2D eigenvalue weighted by Gasteiger charge is -2.13. The molecule has 0 unspecified atom stereocenters. The molecule has 2 aromatic heterocycles. The Labute approximate surface area is 167 Å². The lowest BCUT2D eigenvalue weighted by Crippen LogP contribution is -2.29. The molecule has 1 amide bonds. The highest BCUT2D eigenvalue weighted by molar-refractivity contribution is 7.17. The van der Waals surface area contributed by atoms with E-state index in [4.69, 9.17) is 4.74 Å². The summed E-state index contributed by atoms with van der Waals surface area (Å²) in [6, 6.07) is 13.1. The summed E-state index contributed by atoms with van der Waals surface area (Å²) in [5, 5.41) is 3.39. The van der Waals surface area contributed by atoms with Crippen molar-refractivity contribution in [2.45, 2.75) is 33.3 Å². The first kappa shape index (κ1) is 19.7. The predicted molar refractivity (Wildman–Crippen MR) is 109 cm³/mol. The molecule has 1 atom stereocenters. The van der Waals surface area contributed by atoms with Crippen molar-refractivity contribution in [3.8, 4) is 10.7 Å². The molecule has 0 radical (unpaired) electrons. The number of ether oxygens (including phenoxy) is 1. The maximum atomic E-state index is 12.5. The molecular formula is C21H21N3O3S. The van der Waals surface area contributed by atoms with Gasteiger partial charge in [-0.2, -0.15) is 0 Å². The predicted octanol–water partition coefficient (Wildman–Crippen LogP) is 4.26. The lowest BCUT2D eigenvalue weighted by atomic mass is 10.1. The third-order valence-corrected chi connectivity index (χ3v) is 5.31. The number of aryl methyl sites for hydroxylation is 2. The molecule has 0 aliphatic rings. The van der Waals surface area contributed by atoms with Crippen molar-refractivity contribution in [2.24, 2.45) is 0 Å². The Balaban J connectivity index is 1.65. The fourth-order valence-electron chi connectivity index (χ4n) is 2.52. The molecule has 0 bridgehead atoms. The third kappa shape index (κ3) is 4.61. The van der Waals surface area contributed by atoms with Crippen LogP contribution in [-0.2, 0) is 16.0 Å². The fourth-order valence-corrected chi connectivity index (χ4v) is 3.45. The Morgan fingerprint density at radius 2 is 1.93 bits per heavy atom. The highest BCUT2D eigenvalue weighted by atomic mass is 32.1. The van der Waals surface area contributed by atoms with Crippen LogP contribution in [0.1, 0.15) is 34.8 Å². The minimum atomic E-state index is -0.932. The third-order valence-electron chi connectivity index (χ3n) is 4.15. The van der Waals surface area contributed by atoms with Gasteiger partial charge in [-0.25, -0.2) is 9.78 Å². The van der Waals surface area contributed by atoms with Gasteiger partial charge >= 0.3 is 5.97 Å². The van der Waals surface area contributed by atoms with Crippen LogP contribution in [0, 0.1) is 6.92 Å². The van der Waals surface area contributed by atoms with Crippen molar-refractivity contribution < 1.29 is 14.3 Å². The number of esters is 1. The number of rotatable bonds is 6. The Hall–Kier alpha value is -3.06. The van der Waals surface area contributed by atoms with Gasteiger partial charge in [0, 0.05) is 11.9 Å². The number of carbonyl (C=O) groups excluding carboxylic acids is 2. The van der Waals surface area contributed by atoms with E-state index in [1.807, 2.05) is 42.5 Å². The topological polar surface area (TPSA) is 81.2 Å². The number of nitrogens with zero attached hydrogens (tertiary/aromatic N) is 2. The van der Waals surface area contributed by atoms with Crippen molar-refractivity contribution in [2.75, 3.05) is 5.32 Å². The highest BCUT2D eigenvalue weighted by Crippen LogP contribution is 2.27. The fraction of sp³-hybridized carbons (Fsp3) is 0.238. The number of benzene rings is 1. The molecule has 0 aliphatic carbocycles. The molecule has 0 fully saturated rings. The van der Waals surface area contributed by atoms with E-state index in [9.17, 15) is 9.59 Å². The van der Waals surface area contributed by atoms with Gasteiger partial charge in [0.05, 0.1) is 11.4 Å². The summed E-state index contributed by atoms with van der Waals surface area (Å²) in [6.07, 6.45) is 1.67. The Morgan fingerprint density at radius 3 is 2.57 bits per heavy atom. The molecule has 2 heterocycles. The molecule has 28 heavy (non-hydrogen) atoms. The number of anilines is 1. The van der Waals surface area contributed by atoms with Gasteiger partial charge in [-0.15, -0.1) is 11.3 Å². The molecular weight excluding hydrogens is 374 g/mol. The number of carbonyl (C=O) groups is 2. The first-order valence-electron chi connectivity index (χ1n) is 8.97. The minimum Gasteiger partial charge on any atom is -0.448 e. The van der Waals surface area contributed by atoms with Crippen molar-refractivity contribution in [1.29, 1.82) is 0 Å². The van der Waals surface area contributed by atoms with Gasteiger partial charge in [-0.05, 0) is 50.1 Å². The van der Waals surface area contributed by atoms with E-state index in [1.165, 1.54) is 16.9 Å². The summed E-state index contributed by atoms with van der Waals surface area (Å²) >= 11 is 1.20. The minimum absolute atomic E-state index is 0.368. The maximum Gasteiger partial charge on any atom is 0.351 e. The monoisotopic (exact) mass is 395 g/mol. The normalized spacial score (nSPS) is 11.7. The van der Waals surface area contributed by atoms with Crippen LogP contribution in [0.2, 0.25) is 0 Å². The summed E-state index contributed by atoms with van der Waals surface area (Å²) < 4.78 is 5.34. The van der Waals surface area contributed by atoms with Crippen LogP contribution >= 0.6 is 11.3 Å². The van der Waals surface area contributed by atoms with Crippen molar-refractivity contribution in [1.82, 2.24) is 9.97 Å². The molecule has 0 spiro atoms. The summed E-state index contributed by atoms with van der Waals surface area (Å²) in [7, 11) is 0. The van der Waals surface area contributed by atoms with Gasteiger partial charge in [-0.1, -0.05) is 25.1 Å². The van der Waals surface area contributed by atoms with Crippen LogP contribution in [0.5, 0.6) is 0 Å². The lowest BCUT2D eigenvalue weighted by molar-refractivity contribution is -0.123. The summed E-state index contributed by atoms with van der Waals surface area (Å²) in [5.74, 6) is -0.953. The average molecular weight is 395 g/mol. The zero-order valence-corrected chi connectivity index (χ0v) is 16.7. The summed E-state index contributed by atoms with van der Waals surface area (Å²) in [6.45, 7) is 5.35. The number of pyridine rings is 1. The smallest absolute Gasteiger partial charge is 0.351 e. The van der Waals surface area contributed by atoms with Crippen LogP contribution in [-0.4, -0.2) is 27.9 Å². The van der Waals surface area contributed by atoms with Gasteiger partial charge in [0.2, 0.25) is 0 Å². The molecule has 1 aromatic carbocycles. The van der Waals surface area contributed by atoms with E-state index >= 15 is 0 Å². The summed E-state index contributed by atoms with van der Waals surface area (Å²) in [5.41, 5.74) is 3.09. The van der Waals surface area contributed by atoms with E-state index < -0.39 is 12.1 Å². The number of hydrogen-bond acceptors (Lipinski definition) is 6. The average Bonchev–Trinajstić information content (AvgIpc) is 3.11. The number of hydrogen-bond donors (Lipinski definition) is 1.